The molecule has 0 aliphatic heterocycles. The number of likely N-dealkylation sites (N-methyl/N-ethyl adjacent to an activating group) is 1. The van der Waals surface area contributed by atoms with Crippen molar-refractivity contribution >= 4 is 23.8 Å². The molecule has 1 aromatic rings. The summed E-state index contributed by atoms with van der Waals surface area (Å²) in [5.41, 5.74) is 10.0. The number of hydrogen-bond donors (Lipinski definition) is 2. The number of benzene rings is 1. The predicted molar refractivity (Wildman–Crippen MR) is 144 cm³/mol. The van der Waals surface area contributed by atoms with E-state index in [2.05, 4.69) is 53.8 Å². The highest BCUT2D eigenvalue weighted by Gasteiger charge is 2.35. The van der Waals surface area contributed by atoms with E-state index < -0.39 is 0 Å². The molecular formula is C27H37FN4S. The van der Waals surface area contributed by atoms with Crippen molar-refractivity contribution in [1.82, 2.24) is 4.72 Å². The Balaban J connectivity index is 2.29. The van der Waals surface area contributed by atoms with Crippen LogP contribution in [0.4, 0.5) is 10.1 Å². The first-order valence-corrected chi connectivity index (χ1v) is 12.3. The fraction of sp³-hybridized carbons (Fsp3) is 0.370. The number of allylic oxidation sites excluding steroid dienone is 4. The Hall–Kier alpha value is -2.57. The number of hydrogen-bond acceptors (Lipinski definition) is 5. The standard InChI is InChI=1S/C27H37FN4S/c1-6-10-22-16-26(32(5)24-13-11-23(28)12-14-24)21(8-3)17-27(22,9-4)20-31-33-25(18-29)19-30-15-7-2/h8-9,11-14,16,18-19,31H,3-4,6-7,10,15,17,20,29H2,1-2,5H3. The van der Waals surface area contributed by atoms with Gasteiger partial charge < -0.3 is 10.6 Å². The molecule has 0 radical (unpaired) electrons. The summed E-state index contributed by atoms with van der Waals surface area (Å²) >= 11 is 1.49. The Morgan fingerprint density at radius 3 is 2.58 bits per heavy atom. The van der Waals surface area contributed by atoms with Gasteiger partial charge in [-0.15, -0.1) is 6.58 Å². The lowest BCUT2D eigenvalue weighted by Crippen LogP contribution is -2.36. The van der Waals surface area contributed by atoms with Crippen molar-refractivity contribution in [2.75, 3.05) is 25.0 Å². The van der Waals surface area contributed by atoms with E-state index in [0.717, 1.165) is 54.1 Å². The molecule has 0 fully saturated rings. The Labute approximate surface area is 203 Å². The smallest absolute Gasteiger partial charge is 0.123 e. The van der Waals surface area contributed by atoms with Gasteiger partial charge in [0.2, 0.25) is 0 Å². The van der Waals surface area contributed by atoms with E-state index >= 15 is 0 Å². The number of nitrogens with one attached hydrogen (secondary N) is 1. The summed E-state index contributed by atoms with van der Waals surface area (Å²) in [5, 5.41) is 0. The van der Waals surface area contributed by atoms with Gasteiger partial charge in [-0.3, -0.25) is 9.71 Å². The fourth-order valence-electron chi connectivity index (χ4n) is 3.92. The minimum Gasteiger partial charge on any atom is -0.404 e. The monoisotopic (exact) mass is 468 g/mol. The Morgan fingerprint density at radius 2 is 2.00 bits per heavy atom. The minimum absolute atomic E-state index is 0.236. The molecule has 0 amide bonds. The van der Waals surface area contributed by atoms with E-state index in [1.807, 2.05) is 19.3 Å². The molecule has 1 atom stereocenters. The van der Waals surface area contributed by atoms with E-state index in [1.54, 1.807) is 18.3 Å². The maximum Gasteiger partial charge on any atom is 0.123 e. The van der Waals surface area contributed by atoms with Crippen molar-refractivity contribution in [3.8, 4) is 0 Å². The molecule has 178 valence electrons. The van der Waals surface area contributed by atoms with Crippen LogP contribution in [0.5, 0.6) is 0 Å². The average Bonchev–Trinajstić information content (AvgIpc) is 2.83. The number of nitrogens with zero attached hydrogens (tertiary/aromatic N) is 2. The van der Waals surface area contributed by atoms with Crippen LogP contribution >= 0.6 is 11.9 Å². The zero-order valence-corrected chi connectivity index (χ0v) is 20.9. The average molecular weight is 469 g/mol. The fourth-order valence-corrected chi connectivity index (χ4v) is 4.61. The van der Waals surface area contributed by atoms with Crippen LogP contribution in [0.3, 0.4) is 0 Å². The number of aliphatic imine (C=N–C) groups is 1. The van der Waals surface area contributed by atoms with Gasteiger partial charge in [0.15, 0.2) is 0 Å². The molecule has 1 aliphatic carbocycles. The molecular weight excluding hydrogens is 431 g/mol. The van der Waals surface area contributed by atoms with Crippen LogP contribution in [0, 0.1) is 11.2 Å². The van der Waals surface area contributed by atoms with Crippen LogP contribution in [0.25, 0.3) is 0 Å². The molecule has 0 bridgehead atoms. The van der Waals surface area contributed by atoms with Gasteiger partial charge >= 0.3 is 0 Å². The summed E-state index contributed by atoms with van der Waals surface area (Å²) in [4.78, 5) is 7.36. The number of halogens is 1. The van der Waals surface area contributed by atoms with Gasteiger partial charge in [0.1, 0.15) is 5.82 Å². The first-order valence-electron chi connectivity index (χ1n) is 11.5. The molecule has 2 rings (SSSR count). The second kappa shape index (κ2) is 13.2. The second-order valence-electron chi connectivity index (χ2n) is 8.13. The summed E-state index contributed by atoms with van der Waals surface area (Å²) in [6.45, 7) is 14.1. The number of anilines is 1. The molecule has 4 nitrogen and oxygen atoms in total. The third-order valence-corrected chi connectivity index (χ3v) is 6.60. The quantitative estimate of drug-likeness (QED) is 0.196. The third-order valence-electron chi connectivity index (χ3n) is 5.83. The van der Waals surface area contributed by atoms with Gasteiger partial charge in [0.05, 0.1) is 4.91 Å². The van der Waals surface area contributed by atoms with Crippen molar-refractivity contribution in [3.05, 3.63) is 89.4 Å². The van der Waals surface area contributed by atoms with Crippen molar-refractivity contribution < 1.29 is 4.39 Å². The molecule has 0 aromatic heterocycles. The predicted octanol–water partition coefficient (Wildman–Crippen LogP) is 6.52. The normalized spacial score (nSPS) is 19.0. The van der Waals surface area contributed by atoms with Crippen molar-refractivity contribution in [2.24, 2.45) is 16.1 Å². The molecule has 0 spiro atoms. The van der Waals surface area contributed by atoms with Gasteiger partial charge in [-0.05, 0) is 67.1 Å². The van der Waals surface area contributed by atoms with Gasteiger partial charge in [0, 0.05) is 49.4 Å². The van der Waals surface area contributed by atoms with Crippen LogP contribution in [-0.4, -0.2) is 26.4 Å². The maximum absolute atomic E-state index is 13.4. The maximum atomic E-state index is 13.4. The highest BCUT2D eigenvalue weighted by Crippen LogP contribution is 2.44. The van der Waals surface area contributed by atoms with Crippen molar-refractivity contribution in [2.45, 2.75) is 39.5 Å². The van der Waals surface area contributed by atoms with Crippen molar-refractivity contribution in [3.63, 3.8) is 0 Å². The molecule has 1 aliphatic rings. The molecule has 0 saturated heterocycles. The van der Waals surface area contributed by atoms with Crippen LogP contribution in [0.2, 0.25) is 0 Å². The summed E-state index contributed by atoms with van der Waals surface area (Å²) in [7, 11) is 2.01. The molecule has 3 N–H and O–H groups in total. The lowest BCUT2D eigenvalue weighted by molar-refractivity contribution is 0.433. The Morgan fingerprint density at radius 1 is 1.27 bits per heavy atom. The lowest BCUT2D eigenvalue weighted by Gasteiger charge is -2.40. The molecule has 33 heavy (non-hydrogen) atoms. The number of rotatable bonds is 13. The molecule has 1 unspecified atom stereocenters. The lowest BCUT2D eigenvalue weighted by atomic mass is 9.70. The van der Waals surface area contributed by atoms with Crippen LogP contribution in [0.1, 0.15) is 39.5 Å². The zero-order valence-electron chi connectivity index (χ0n) is 20.1. The third kappa shape index (κ3) is 6.95. The van der Waals surface area contributed by atoms with Gasteiger partial charge in [-0.2, -0.15) is 0 Å². The van der Waals surface area contributed by atoms with Crippen molar-refractivity contribution in [1.29, 1.82) is 0 Å². The zero-order chi connectivity index (χ0) is 24.3. The summed E-state index contributed by atoms with van der Waals surface area (Å²) in [6, 6.07) is 6.57. The highest BCUT2D eigenvalue weighted by atomic mass is 32.2. The van der Waals surface area contributed by atoms with E-state index in [9.17, 15) is 4.39 Å². The van der Waals surface area contributed by atoms with E-state index in [-0.39, 0.29) is 11.2 Å². The summed E-state index contributed by atoms with van der Waals surface area (Å²) < 4.78 is 16.9. The van der Waals surface area contributed by atoms with E-state index in [1.165, 1.54) is 29.7 Å². The minimum atomic E-state index is -0.240. The van der Waals surface area contributed by atoms with Gasteiger partial charge in [0.25, 0.3) is 0 Å². The van der Waals surface area contributed by atoms with E-state index in [4.69, 9.17) is 5.73 Å². The highest BCUT2D eigenvalue weighted by molar-refractivity contribution is 8.02. The van der Waals surface area contributed by atoms with Crippen LogP contribution in [-0.2, 0) is 0 Å². The first-order chi connectivity index (χ1) is 15.9. The molecule has 0 saturated carbocycles. The first kappa shape index (κ1) is 26.7. The molecule has 0 heterocycles. The Kier molecular flexibility index (Phi) is 10.7. The largest absolute Gasteiger partial charge is 0.404 e. The number of nitrogens with two attached hydrogens (primary N) is 1. The topological polar surface area (TPSA) is 53.6 Å². The van der Waals surface area contributed by atoms with Gasteiger partial charge in [-0.1, -0.05) is 44.6 Å². The summed E-state index contributed by atoms with van der Waals surface area (Å²) in [6.07, 6.45) is 13.4. The van der Waals surface area contributed by atoms with Crippen LogP contribution in [0.15, 0.2) is 88.6 Å². The Bertz CT molecular complexity index is 930. The SMILES string of the molecule is C=CC1=C(N(C)c2ccc(F)cc2)C=C(CCC)C(C=C)(CNSC(C=NCCC)=CN)C1. The molecule has 6 heteroatoms. The second-order valence-corrected chi connectivity index (χ2v) is 9.10. The van der Waals surface area contributed by atoms with E-state index in [0.29, 0.717) is 6.54 Å². The molecule has 1 aromatic carbocycles. The van der Waals surface area contributed by atoms with Gasteiger partial charge in [-0.25, -0.2) is 4.39 Å². The summed E-state index contributed by atoms with van der Waals surface area (Å²) in [5.74, 6) is -0.240. The van der Waals surface area contributed by atoms with Crippen LogP contribution < -0.4 is 15.4 Å².